The summed E-state index contributed by atoms with van der Waals surface area (Å²) in [7, 11) is 0. The maximum atomic E-state index is 13.0. The first-order valence-corrected chi connectivity index (χ1v) is 8.81. The van der Waals surface area contributed by atoms with Gasteiger partial charge in [-0.2, -0.15) is 5.10 Å². The maximum Gasteiger partial charge on any atom is 0.272 e. The third-order valence-corrected chi connectivity index (χ3v) is 4.71. The number of para-hydroxylation sites is 1. The van der Waals surface area contributed by atoms with Crippen molar-refractivity contribution >= 4 is 17.5 Å². The number of carbonyl (C=O) groups is 1. The molecule has 0 unspecified atom stereocenters. The van der Waals surface area contributed by atoms with Crippen LogP contribution in [0.1, 0.15) is 23.3 Å². The molecule has 1 aliphatic heterocycles. The quantitative estimate of drug-likeness (QED) is 0.700. The molecule has 126 valence electrons. The van der Waals surface area contributed by atoms with Crippen LogP contribution in [0.25, 0.3) is 16.9 Å². The lowest BCUT2D eigenvalue weighted by Gasteiger charge is -2.15. The summed E-state index contributed by atoms with van der Waals surface area (Å²) in [6.45, 7) is 1.63. The molecule has 0 saturated carbocycles. The van der Waals surface area contributed by atoms with Gasteiger partial charge in [0.15, 0.2) is 0 Å². The molecule has 3 aromatic rings. The molecule has 1 aromatic heterocycles. The number of hydrogen-bond acceptors (Lipinski definition) is 2. The summed E-state index contributed by atoms with van der Waals surface area (Å²) in [5, 5.41) is 5.38. The summed E-state index contributed by atoms with van der Waals surface area (Å²) in [6.07, 6.45) is 2.13. The molecule has 2 heterocycles. The Hall–Kier alpha value is -2.59. The van der Waals surface area contributed by atoms with E-state index in [1.165, 1.54) is 0 Å². The van der Waals surface area contributed by atoms with E-state index in [0.717, 1.165) is 42.9 Å². The number of hydrogen-bond donors (Lipinski definition) is 0. The molecule has 0 N–H and O–H groups in total. The zero-order valence-electron chi connectivity index (χ0n) is 13.7. The van der Waals surface area contributed by atoms with Crippen LogP contribution in [0.3, 0.4) is 0 Å². The number of carbonyl (C=O) groups excluding carboxylic acids is 1. The molecular weight excluding hydrogens is 334 g/mol. The van der Waals surface area contributed by atoms with E-state index in [1.54, 1.807) is 4.68 Å². The Kier molecular flexibility index (Phi) is 4.28. The van der Waals surface area contributed by atoms with Crippen molar-refractivity contribution in [2.45, 2.75) is 12.8 Å². The fraction of sp³-hybridized carbons (Fsp3) is 0.200. The molecular formula is C20H18ClN3O. The van der Waals surface area contributed by atoms with E-state index in [9.17, 15) is 4.79 Å². The molecule has 0 spiro atoms. The van der Waals surface area contributed by atoms with Crippen molar-refractivity contribution in [1.82, 2.24) is 14.7 Å². The van der Waals surface area contributed by atoms with Crippen LogP contribution in [0, 0.1) is 0 Å². The predicted molar refractivity (Wildman–Crippen MR) is 99.1 cm³/mol. The van der Waals surface area contributed by atoms with Gasteiger partial charge in [0.1, 0.15) is 5.69 Å². The van der Waals surface area contributed by atoms with Crippen molar-refractivity contribution in [3.05, 3.63) is 71.4 Å². The van der Waals surface area contributed by atoms with Crippen LogP contribution in [0.2, 0.25) is 5.02 Å². The lowest BCUT2D eigenvalue weighted by atomic mass is 10.1. The number of benzene rings is 2. The second kappa shape index (κ2) is 6.73. The first-order chi connectivity index (χ1) is 12.2. The minimum Gasteiger partial charge on any atom is -0.337 e. The summed E-state index contributed by atoms with van der Waals surface area (Å²) in [5.74, 6) is 0.0362. The van der Waals surface area contributed by atoms with E-state index in [2.05, 4.69) is 0 Å². The zero-order chi connectivity index (χ0) is 17.2. The minimum atomic E-state index is 0.0362. The van der Waals surface area contributed by atoms with Gasteiger partial charge in [0.2, 0.25) is 0 Å². The topological polar surface area (TPSA) is 38.1 Å². The predicted octanol–water partition coefficient (Wildman–Crippen LogP) is 4.43. The lowest BCUT2D eigenvalue weighted by molar-refractivity contribution is 0.0784. The van der Waals surface area contributed by atoms with E-state index in [-0.39, 0.29) is 5.91 Å². The number of amides is 1. The highest BCUT2D eigenvalue weighted by molar-refractivity contribution is 6.30. The van der Waals surface area contributed by atoms with Crippen molar-refractivity contribution in [2.75, 3.05) is 13.1 Å². The standard InChI is InChI=1S/C20H18ClN3O/c21-16-10-8-15(9-11-16)18-14-19(20(25)23-12-4-5-13-23)24(22-18)17-6-2-1-3-7-17/h1-3,6-11,14H,4-5,12-13H2. The monoisotopic (exact) mass is 351 g/mol. The van der Waals surface area contributed by atoms with Gasteiger partial charge in [0, 0.05) is 23.7 Å². The molecule has 1 amide bonds. The van der Waals surface area contributed by atoms with Gasteiger partial charge in [-0.15, -0.1) is 0 Å². The molecule has 5 heteroatoms. The van der Waals surface area contributed by atoms with Gasteiger partial charge < -0.3 is 4.90 Å². The first kappa shape index (κ1) is 15.9. The van der Waals surface area contributed by atoms with Gasteiger partial charge >= 0.3 is 0 Å². The van der Waals surface area contributed by atoms with Crippen LogP contribution in [0.5, 0.6) is 0 Å². The Labute approximate surface area is 151 Å². The van der Waals surface area contributed by atoms with Crippen LogP contribution in [-0.4, -0.2) is 33.7 Å². The molecule has 1 aliphatic rings. The average molecular weight is 352 g/mol. The van der Waals surface area contributed by atoms with Gasteiger partial charge in [-0.3, -0.25) is 4.79 Å². The molecule has 0 aliphatic carbocycles. The minimum absolute atomic E-state index is 0.0362. The summed E-state index contributed by atoms with van der Waals surface area (Å²) in [4.78, 5) is 14.9. The van der Waals surface area contributed by atoms with E-state index in [1.807, 2.05) is 65.6 Å². The Morgan fingerprint density at radius 1 is 0.960 bits per heavy atom. The highest BCUT2D eigenvalue weighted by atomic mass is 35.5. The number of nitrogens with zero attached hydrogens (tertiary/aromatic N) is 3. The fourth-order valence-corrected chi connectivity index (χ4v) is 3.27. The van der Waals surface area contributed by atoms with Crippen LogP contribution in [-0.2, 0) is 0 Å². The Morgan fingerprint density at radius 2 is 1.64 bits per heavy atom. The maximum absolute atomic E-state index is 13.0. The molecule has 25 heavy (non-hydrogen) atoms. The second-order valence-electron chi connectivity index (χ2n) is 6.17. The SMILES string of the molecule is O=C(c1cc(-c2ccc(Cl)cc2)nn1-c1ccccc1)N1CCCC1. The van der Waals surface area contributed by atoms with Crippen LogP contribution in [0.15, 0.2) is 60.7 Å². The van der Waals surface area contributed by atoms with Crippen LogP contribution >= 0.6 is 11.6 Å². The number of halogens is 1. The van der Waals surface area contributed by atoms with Crippen LogP contribution < -0.4 is 0 Å². The number of likely N-dealkylation sites (tertiary alicyclic amines) is 1. The van der Waals surface area contributed by atoms with Crippen molar-refractivity contribution in [2.24, 2.45) is 0 Å². The number of rotatable bonds is 3. The Bertz CT molecular complexity index is 881. The van der Waals surface area contributed by atoms with Gasteiger partial charge in [-0.25, -0.2) is 4.68 Å². The largest absolute Gasteiger partial charge is 0.337 e. The highest BCUT2D eigenvalue weighted by Gasteiger charge is 2.24. The van der Waals surface area contributed by atoms with Crippen LogP contribution in [0.4, 0.5) is 0 Å². The lowest BCUT2D eigenvalue weighted by Crippen LogP contribution is -2.29. The van der Waals surface area contributed by atoms with Gasteiger partial charge in [-0.05, 0) is 43.2 Å². The molecule has 0 radical (unpaired) electrons. The number of aromatic nitrogens is 2. The normalized spacial score (nSPS) is 14.0. The van der Waals surface area contributed by atoms with Gasteiger partial charge in [-0.1, -0.05) is 41.9 Å². The van der Waals surface area contributed by atoms with Crippen molar-refractivity contribution in [3.63, 3.8) is 0 Å². The summed E-state index contributed by atoms with van der Waals surface area (Å²) >= 11 is 5.98. The Morgan fingerprint density at radius 3 is 2.32 bits per heavy atom. The fourth-order valence-electron chi connectivity index (χ4n) is 3.14. The third-order valence-electron chi connectivity index (χ3n) is 4.46. The van der Waals surface area contributed by atoms with E-state index >= 15 is 0 Å². The summed E-state index contributed by atoms with van der Waals surface area (Å²) in [5.41, 5.74) is 3.18. The smallest absolute Gasteiger partial charge is 0.272 e. The molecule has 1 fully saturated rings. The summed E-state index contributed by atoms with van der Waals surface area (Å²) in [6, 6.07) is 19.1. The van der Waals surface area contributed by atoms with E-state index in [0.29, 0.717) is 10.7 Å². The second-order valence-corrected chi connectivity index (χ2v) is 6.60. The van der Waals surface area contributed by atoms with Crippen molar-refractivity contribution < 1.29 is 4.79 Å². The van der Waals surface area contributed by atoms with Crippen molar-refractivity contribution in [1.29, 1.82) is 0 Å². The third kappa shape index (κ3) is 3.17. The summed E-state index contributed by atoms with van der Waals surface area (Å²) < 4.78 is 1.74. The Balaban J connectivity index is 1.80. The highest BCUT2D eigenvalue weighted by Crippen LogP contribution is 2.25. The molecule has 1 saturated heterocycles. The van der Waals surface area contributed by atoms with Gasteiger partial charge in [0.05, 0.1) is 11.4 Å². The first-order valence-electron chi connectivity index (χ1n) is 8.43. The molecule has 4 nitrogen and oxygen atoms in total. The molecule has 0 bridgehead atoms. The van der Waals surface area contributed by atoms with E-state index < -0.39 is 0 Å². The van der Waals surface area contributed by atoms with Crippen molar-refractivity contribution in [3.8, 4) is 16.9 Å². The molecule has 0 atom stereocenters. The van der Waals surface area contributed by atoms with Gasteiger partial charge in [0.25, 0.3) is 5.91 Å². The molecule has 4 rings (SSSR count). The average Bonchev–Trinajstić information content (AvgIpc) is 3.33. The zero-order valence-corrected chi connectivity index (χ0v) is 14.5. The molecule has 2 aromatic carbocycles. The van der Waals surface area contributed by atoms with E-state index in [4.69, 9.17) is 16.7 Å².